The van der Waals surface area contributed by atoms with Gasteiger partial charge in [0.2, 0.25) is 0 Å². The maximum Gasteiger partial charge on any atom is 0.0506 e. The van der Waals surface area contributed by atoms with Gasteiger partial charge in [0.1, 0.15) is 0 Å². The molecule has 0 aliphatic heterocycles. The van der Waals surface area contributed by atoms with Gasteiger partial charge in [-0.2, -0.15) is 0 Å². The largest absolute Gasteiger partial charge is 0.396 e. The minimum Gasteiger partial charge on any atom is -0.396 e. The molecule has 0 aromatic rings. The predicted octanol–water partition coefficient (Wildman–Crippen LogP) is 5.55. The van der Waals surface area contributed by atoms with Gasteiger partial charge in [0, 0.05) is 11.1 Å². The second-order valence-electron chi connectivity index (χ2n) is 9.20. The first kappa shape index (κ1) is 14.8. The summed E-state index contributed by atoms with van der Waals surface area (Å²) in [4.78, 5) is 0. The molecular formula is C20H33BrO. The van der Waals surface area contributed by atoms with E-state index in [0.717, 1.165) is 18.3 Å². The van der Waals surface area contributed by atoms with Gasteiger partial charge < -0.3 is 5.11 Å². The highest BCUT2D eigenvalue weighted by atomic mass is 79.9. The van der Waals surface area contributed by atoms with Gasteiger partial charge >= 0.3 is 0 Å². The van der Waals surface area contributed by atoms with Crippen molar-refractivity contribution in [3.63, 3.8) is 0 Å². The van der Waals surface area contributed by atoms with E-state index in [9.17, 15) is 5.11 Å². The summed E-state index contributed by atoms with van der Waals surface area (Å²) in [6.07, 6.45) is 11.3. The van der Waals surface area contributed by atoms with Gasteiger partial charge in [0.15, 0.2) is 0 Å². The number of halogens is 1. The highest BCUT2D eigenvalue weighted by Crippen LogP contribution is 2.70. The van der Waals surface area contributed by atoms with Crippen molar-refractivity contribution in [3.05, 3.63) is 0 Å². The second kappa shape index (κ2) is 5.22. The molecule has 0 aromatic heterocycles. The van der Waals surface area contributed by atoms with Gasteiger partial charge in [0.25, 0.3) is 0 Å². The van der Waals surface area contributed by atoms with E-state index in [0.29, 0.717) is 18.4 Å². The summed E-state index contributed by atoms with van der Waals surface area (Å²) in [5, 5.41) is 10.6. The summed E-state index contributed by atoms with van der Waals surface area (Å²) in [6.45, 7) is 5.17. The Balaban J connectivity index is 1.74. The summed E-state index contributed by atoms with van der Waals surface area (Å²) >= 11 is 4.19. The van der Waals surface area contributed by atoms with Crippen molar-refractivity contribution in [1.29, 1.82) is 0 Å². The Morgan fingerprint density at radius 3 is 2.68 bits per heavy atom. The summed E-state index contributed by atoms with van der Waals surface area (Å²) in [6, 6.07) is 0. The highest BCUT2D eigenvalue weighted by Gasteiger charge is 2.65. The highest BCUT2D eigenvalue weighted by molar-refractivity contribution is 9.10. The van der Waals surface area contributed by atoms with E-state index in [1.54, 1.807) is 0 Å². The third-order valence-corrected chi connectivity index (χ3v) is 10.2. The lowest BCUT2D eigenvalue weighted by Gasteiger charge is -2.66. The molecule has 0 heterocycles. The molecule has 0 bridgehead atoms. The average molecular weight is 370 g/mol. The molecule has 2 heteroatoms. The average Bonchev–Trinajstić information content (AvgIpc) is 2.83. The molecule has 126 valence electrons. The topological polar surface area (TPSA) is 20.2 Å². The monoisotopic (exact) mass is 369 g/mol. The van der Waals surface area contributed by atoms with Crippen LogP contribution in [0.15, 0.2) is 0 Å². The van der Waals surface area contributed by atoms with Crippen LogP contribution in [0.25, 0.3) is 0 Å². The maximum absolute atomic E-state index is 10.6. The van der Waals surface area contributed by atoms with Crippen molar-refractivity contribution < 1.29 is 6.48 Å². The van der Waals surface area contributed by atoms with Crippen molar-refractivity contribution in [1.82, 2.24) is 0 Å². The Morgan fingerprint density at radius 1 is 1.09 bits per heavy atom. The van der Waals surface area contributed by atoms with E-state index >= 15 is 0 Å². The molecule has 4 fully saturated rings. The first-order chi connectivity index (χ1) is 10.9. The van der Waals surface area contributed by atoms with Crippen LogP contribution in [0.3, 0.4) is 0 Å². The van der Waals surface area contributed by atoms with Crippen molar-refractivity contribution in [3.8, 4) is 0 Å². The molecular weight excluding hydrogens is 336 g/mol. The van der Waals surface area contributed by atoms with Crippen LogP contribution in [0.4, 0.5) is 0 Å². The zero-order chi connectivity index (χ0) is 16.5. The first-order valence-corrected chi connectivity index (χ1v) is 10.4. The zero-order valence-electron chi connectivity index (χ0n) is 15.3. The minimum atomic E-state index is 0.0790. The molecule has 0 aromatic carbocycles. The molecule has 4 aliphatic rings. The molecule has 4 saturated carbocycles. The minimum absolute atomic E-state index is 0.0790. The fraction of sp³-hybridized carbons (Fsp3) is 1.00. The van der Waals surface area contributed by atoms with E-state index in [-0.39, 0.29) is 21.6 Å². The van der Waals surface area contributed by atoms with Crippen LogP contribution >= 0.6 is 15.9 Å². The van der Waals surface area contributed by atoms with Gasteiger partial charge in [-0.3, -0.25) is 0 Å². The lowest BCUT2D eigenvalue weighted by molar-refractivity contribution is -0.143. The molecule has 4 rings (SSSR count). The van der Waals surface area contributed by atoms with Crippen LogP contribution in [0.2, 0.25) is 0 Å². The molecule has 22 heavy (non-hydrogen) atoms. The van der Waals surface area contributed by atoms with Crippen LogP contribution < -0.4 is 0 Å². The standard InChI is InChI=1S/C20H33BrO/c1-14-5-3-10-19(21)12-7-15-16-6-4-9-18(16,2)11-8-17(15)20(14,19)13-22/h14-17,22H,3-13H2,1-2H3/t14-,15+,16+,17+,18+,19+,20-/m1/s1/i9D/t9-,14+,15-,16-,17-,18-,19-,20+/m0. The lowest BCUT2D eigenvalue weighted by atomic mass is 9.42. The molecule has 1 nitrogen and oxygen atoms in total. The van der Waals surface area contributed by atoms with Crippen molar-refractivity contribution in [2.45, 2.75) is 82.4 Å². The fourth-order valence-electron chi connectivity index (χ4n) is 7.55. The van der Waals surface area contributed by atoms with Crippen LogP contribution in [0.1, 0.15) is 79.4 Å². The molecule has 1 N–H and O–H groups in total. The van der Waals surface area contributed by atoms with E-state index in [2.05, 4.69) is 29.8 Å². The second-order valence-corrected chi connectivity index (χ2v) is 10.7. The quantitative estimate of drug-likeness (QED) is 0.601. The van der Waals surface area contributed by atoms with Crippen molar-refractivity contribution >= 4 is 15.9 Å². The Kier molecular flexibility index (Phi) is 3.50. The summed E-state index contributed by atoms with van der Waals surface area (Å²) < 4.78 is 8.72. The molecule has 4 aliphatic carbocycles. The third kappa shape index (κ3) is 1.86. The molecule has 0 saturated heterocycles. The summed E-state index contributed by atoms with van der Waals surface area (Å²) in [7, 11) is 0. The summed E-state index contributed by atoms with van der Waals surface area (Å²) in [5.41, 5.74) is 0.331. The Morgan fingerprint density at radius 2 is 1.91 bits per heavy atom. The third-order valence-electron chi connectivity index (χ3n) is 8.68. The van der Waals surface area contributed by atoms with E-state index in [1.165, 1.54) is 51.4 Å². The molecule has 8 atom stereocenters. The van der Waals surface area contributed by atoms with Gasteiger partial charge in [0.05, 0.1) is 6.61 Å². The normalized spacial score (nSPS) is 61.8. The van der Waals surface area contributed by atoms with Gasteiger partial charge in [-0.1, -0.05) is 42.6 Å². The van der Waals surface area contributed by atoms with Crippen LogP contribution in [0.5, 0.6) is 0 Å². The number of fused-ring (bicyclic) bond motifs is 5. The fourth-order valence-corrected chi connectivity index (χ4v) is 8.87. The van der Waals surface area contributed by atoms with Crippen molar-refractivity contribution in [2.24, 2.45) is 34.5 Å². The first-order valence-electron chi connectivity index (χ1n) is 10.2. The number of hydrogen-bond acceptors (Lipinski definition) is 1. The van der Waals surface area contributed by atoms with E-state index in [1.807, 2.05) is 0 Å². The van der Waals surface area contributed by atoms with Crippen molar-refractivity contribution in [2.75, 3.05) is 6.61 Å². The van der Waals surface area contributed by atoms with Crippen LogP contribution in [-0.4, -0.2) is 16.0 Å². The Bertz CT molecular complexity index is 484. The SMILES string of the molecule is [2H][C@H]1CC[C@H]2[C@@H]3CC[C@@]4(Br)CCC[C@@H](C)[C@]4(CO)[C@H]3CC[C@]12C. The van der Waals surface area contributed by atoms with Gasteiger partial charge in [-0.15, -0.1) is 0 Å². The number of rotatable bonds is 1. The number of alkyl halides is 1. The maximum atomic E-state index is 10.6. The van der Waals surface area contributed by atoms with E-state index in [4.69, 9.17) is 1.37 Å². The van der Waals surface area contributed by atoms with Crippen LogP contribution in [-0.2, 0) is 0 Å². The van der Waals surface area contributed by atoms with Gasteiger partial charge in [-0.05, 0) is 80.4 Å². The van der Waals surface area contributed by atoms with Gasteiger partial charge in [-0.25, -0.2) is 0 Å². The van der Waals surface area contributed by atoms with E-state index < -0.39 is 0 Å². The summed E-state index contributed by atoms with van der Waals surface area (Å²) in [5.74, 6) is 2.77. The molecule has 0 unspecified atom stereocenters. The predicted molar refractivity (Wildman–Crippen MR) is 95.1 cm³/mol. The Labute approximate surface area is 146 Å². The number of hydrogen-bond donors (Lipinski definition) is 1. The number of aliphatic hydroxyl groups is 1. The Hall–Kier alpha value is 0.440. The molecule has 0 amide bonds. The lowest BCUT2D eigenvalue weighted by Crippen LogP contribution is -2.64. The number of aliphatic hydroxyl groups excluding tert-OH is 1. The zero-order valence-corrected chi connectivity index (χ0v) is 15.9. The smallest absolute Gasteiger partial charge is 0.0506 e. The van der Waals surface area contributed by atoms with Crippen LogP contribution in [0, 0.1) is 34.5 Å². The molecule has 0 radical (unpaired) electrons. The molecule has 0 spiro atoms.